The summed E-state index contributed by atoms with van der Waals surface area (Å²) >= 11 is 0. The molecule has 1 unspecified atom stereocenters. The van der Waals surface area contributed by atoms with Crippen LogP contribution in [0.4, 0.5) is 5.69 Å². The topological polar surface area (TPSA) is 41.6 Å². The Kier molecular flexibility index (Phi) is 4.25. The van der Waals surface area contributed by atoms with Gasteiger partial charge in [0.25, 0.3) is 0 Å². The smallest absolute Gasteiger partial charge is 0.245 e. The van der Waals surface area contributed by atoms with E-state index in [4.69, 9.17) is 4.74 Å². The van der Waals surface area contributed by atoms with Crippen molar-refractivity contribution in [2.75, 3.05) is 25.0 Å². The first kappa shape index (κ1) is 15.1. The van der Waals surface area contributed by atoms with Gasteiger partial charge in [0, 0.05) is 25.2 Å². The Bertz CT molecular complexity index is 479. The molecule has 2 aliphatic heterocycles. The Morgan fingerprint density at radius 1 is 1.40 bits per heavy atom. The molecule has 1 fully saturated rings. The molecule has 1 N–H and O–H groups in total. The summed E-state index contributed by atoms with van der Waals surface area (Å²) in [4.78, 5) is 14.5. The molecule has 0 radical (unpaired) electrons. The maximum absolute atomic E-state index is 12.6. The third-order valence-corrected chi connectivity index (χ3v) is 3.81. The zero-order valence-corrected chi connectivity index (χ0v) is 12.7. The summed E-state index contributed by atoms with van der Waals surface area (Å²) in [6.45, 7) is 6.04. The number of hydrogen-bond acceptors (Lipinski definition) is 3. The summed E-state index contributed by atoms with van der Waals surface area (Å²) in [5.74, 6) is 0.188. The standard InChI is InChI=1S/C15H20N2O2.ClH/c1-15(2)10-17(7-8-19-15)14(18)13-9-11-5-3-4-6-12(11)16-13;/h3-6,13,16H,7-10H2,1-2H3;1H. The van der Waals surface area contributed by atoms with Crippen molar-refractivity contribution in [2.45, 2.75) is 31.9 Å². The van der Waals surface area contributed by atoms with Gasteiger partial charge < -0.3 is 15.0 Å². The Balaban J connectivity index is 0.00000147. The molecule has 0 saturated carbocycles. The van der Waals surface area contributed by atoms with Crippen LogP contribution in [-0.2, 0) is 16.0 Å². The zero-order chi connectivity index (χ0) is 13.5. The molecule has 1 aromatic rings. The molecule has 1 atom stereocenters. The van der Waals surface area contributed by atoms with Crippen LogP contribution in [0.1, 0.15) is 19.4 Å². The molecule has 0 aromatic heterocycles. The van der Waals surface area contributed by atoms with E-state index in [9.17, 15) is 4.79 Å². The highest BCUT2D eigenvalue weighted by atomic mass is 35.5. The molecule has 2 heterocycles. The number of anilines is 1. The van der Waals surface area contributed by atoms with Crippen LogP contribution in [0.25, 0.3) is 0 Å². The number of para-hydroxylation sites is 1. The number of amides is 1. The number of halogens is 1. The number of benzene rings is 1. The second kappa shape index (κ2) is 5.62. The number of nitrogens with one attached hydrogen (secondary N) is 1. The van der Waals surface area contributed by atoms with Crippen molar-refractivity contribution in [2.24, 2.45) is 0 Å². The minimum absolute atomic E-state index is 0. The molecule has 0 bridgehead atoms. The van der Waals surface area contributed by atoms with E-state index in [0.717, 1.165) is 12.1 Å². The SMILES string of the molecule is CC1(C)CN(C(=O)C2Cc3ccccc3N2)CCO1.Cl. The maximum atomic E-state index is 12.6. The minimum Gasteiger partial charge on any atom is -0.373 e. The normalized spacial score (nSPS) is 23.5. The average Bonchev–Trinajstić information content (AvgIpc) is 2.80. The van der Waals surface area contributed by atoms with Gasteiger partial charge in [0.05, 0.1) is 12.2 Å². The van der Waals surface area contributed by atoms with Gasteiger partial charge >= 0.3 is 0 Å². The summed E-state index contributed by atoms with van der Waals surface area (Å²) in [6.07, 6.45) is 0.785. The molecule has 0 aliphatic carbocycles. The quantitative estimate of drug-likeness (QED) is 0.863. The summed E-state index contributed by atoms with van der Waals surface area (Å²) in [5.41, 5.74) is 2.08. The highest BCUT2D eigenvalue weighted by Gasteiger charge is 2.35. The molecular weight excluding hydrogens is 276 g/mol. The first-order valence-corrected chi connectivity index (χ1v) is 6.82. The van der Waals surface area contributed by atoms with Crippen molar-refractivity contribution >= 4 is 24.0 Å². The molecule has 2 aliphatic rings. The lowest BCUT2D eigenvalue weighted by atomic mass is 10.1. The molecular formula is C15H21ClN2O2. The Morgan fingerprint density at radius 2 is 2.15 bits per heavy atom. The van der Waals surface area contributed by atoms with Gasteiger partial charge in [-0.1, -0.05) is 18.2 Å². The third kappa shape index (κ3) is 2.91. The molecule has 1 amide bonds. The van der Waals surface area contributed by atoms with Gasteiger partial charge in [-0.2, -0.15) is 0 Å². The highest BCUT2D eigenvalue weighted by molar-refractivity contribution is 5.87. The fourth-order valence-electron chi connectivity index (χ4n) is 2.87. The lowest BCUT2D eigenvalue weighted by Gasteiger charge is -2.39. The van der Waals surface area contributed by atoms with E-state index in [-0.39, 0.29) is 30.0 Å². The van der Waals surface area contributed by atoms with Crippen LogP contribution in [0.2, 0.25) is 0 Å². The molecule has 3 rings (SSSR count). The Labute approximate surface area is 125 Å². The molecule has 5 heteroatoms. The number of rotatable bonds is 1. The predicted octanol–water partition coefficient (Wildman–Crippen LogP) is 2.08. The molecule has 1 aromatic carbocycles. The fourth-order valence-corrected chi connectivity index (χ4v) is 2.87. The summed E-state index contributed by atoms with van der Waals surface area (Å²) < 4.78 is 5.66. The number of fused-ring (bicyclic) bond motifs is 1. The summed E-state index contributed by atoms with van der Waals surface area (Å²) in [7, 11) is 0. The molecule has 1 saturated heterocycles. The average molecular weight is 297 g/mol. The highest BCUT2D eigenvalue weighted by Crippen LogP contribution is 2.27. The van der Waals surface area contributed by atoms with E-state index in [0.29, 0.717) is 19.7 Å². The van der Waals surface area contributed by atoms with Gasteiger partial charge in [0.1, 0.15) is 6.04 Å². The van der Waals surface area contributed by atoms with Gasteiger partial charge in [-0.05, 0) is 25.5 Å². The maximum Gasteiger partial charge on any atom is 0.245 e. The summed E-state index contributed by atoms with van der Waals surface area (Å²) in [6, 6.07) is 8.01. The van der Waals surface area contributed by atoms with E-state index in [1.807, 2.05) is 36.9 Å². The monoisotopic (exact) mass is 296 g/mol. The van der Waals surface area contributed by atoms with Crippen molar-refractivity contribution in [3.8, 4) is 0 Å². The van der Waals surface area contributed by atoms with Crippen molar-refractivity contribution in [1.82, 2.24) is 4.90 Å². The number of hydrogen-bond donors (Lipinski definition) is 1. The zero-order valence-electron chi connectivity index (χ0n) is 11.9. The molecule has 20 heavy (non-hydrogen) atoms. The van der Waals surface area contributed by atoms with Crippen LogP contribution in [-0.4, -0.2) is 42.1 Å². The van der Waals surface area contributed by atoms with E-state index in [1.54, 1.807) is 0 Å². The molecule has 4 nitrogen and oxygen atoms in total. The fraction of sp³-hybridized carbons (Fsp3) is 0.533. The van der Waals surface area contributed by atoms with E-state index in [1.165, 1.54) is 5.56 Å². The van der Waals surface area contributed by atoms with Gasteiger partial charge in [-0.25, -0.2) is 0 Å². The van der Waals surface area contributed by atoms with Crippen molar-refractivity contribution < 1.29 is 9.53 Å². The van der Waals surface area contributed by atoms with Gasteiger partial charge in [-0.3, -0.25) is 4.79 Å². The first-order valence-electron chi connectivity index (χ1n) is 6.82. The molecule has 0 spiro atoms. The van der Waals surface area contributed by atoms with Crippen molar-refractivity contribution in [1.29, 1.82) is 0 Å². The Hall–Kier alpha value is -1.26. The van der Waals surface area contributed by atoms with Crippen LogP contribution in [0.15, 0.2) is 24.3 Å². The van der Waals surface area contributed by atoms with E-state index < -0.39 is 0 Å². The first-order chi connectivity index (χ1) is 9.05. The van der Waals surface area contributed by atoms with Crippen molar-refractivity contribution in [3.63, 3.8) is 0 Å². The van der Waals surface area contributed by atoms with Gasteiger partial charge in [0.15, 0.2) is 0 Å². The number of morpholine rings is 1. The van der Waals surface area contributed by atoms with Crippen LogP contribution in [0, 0.1) is 0 Å². The number of nitrogens with zero attached hydrogens (tertiary/aromatic N) is 1. The van der Waals surface area contributed by atoms with Crippen LogP contribution in [0.5, 0.6) is 0 Å². The van der Waals surface area contributed by atoms with Crippen molar-refractivity contribution in [3.05, 3.63) is 29.8 Å². The van der Waals surface area contributed by atoms with Gasteiger partial charge in [-0.15, -0.1) is 12.4 Å². The van der Waals surface area contributed by atoms with Crippen LogP contribution >= 0.6 is 12.4 Å². The second-order valence-electron chi connectivity index (χ2n) is 5.93. The lowest BCUT2D eigenvalue weighted by Crippen LogP contribution is -2.54. The predicted molar refractivity (Wildman–Crippen MR) is 81.4 cm³/mol. The largest absolute Gasteiger partial charge is 0.373 e. The number of carbonyl (C=O) groups excluding carboxylic acids is 1. The van der Waals surface area contributed by atoms with Crippen LogP contribution in [0.3, 0.4) is 0 Å². The number of carbonyl (C=O) groups is 1. The second-order valence-corrected chi connectivity index (χ2v) is 5.93. The Morgan fingerprint density at radius 3 is 2.85 bits per heavy atom. The summed E-state index contributed by atoms with van der Waals surface area (Å²) in [5, 5.41) is 3.33. The van der Waals surface area contributed by atoms with E-state index >= 15 is 0 Å². The lowest BCUT2D eigenvalue weighted by molar-refractivity contribution is -0.146. The molecule has 110 valence electrons. The number of ether oxygens (including phenoxy) is 1. The van der Waals surface area contributed by atoms with Crippen LogP contribution < -0.4 is 5.32 Å². The third-order valence-electron chi connectivity index (χ3n) is 3.81. The van der Waals surface area contributed by atoms with Gasteiger partial charge in [0.2, 0.25) is 5.91 Å². The van der Waals surface area contributed by atoms with E-state index in [2.05, 4.69) is 11.4 Å². The minimum atomic E-state index is -0.237.